The Labute approximate surface area is 72.3 Å². The van der Waals surface area contributed by atoms with E-state index in [2.05, 4.69) is 16.4 Å². The standard InChI is InChI=1S/C9H15N3/c10-3-1-8-5-7-2-4-11-6-9(7)12-8/h5,11-12H,1-4,6,10H2. The van der Waals surface area contributed by atoms with Crippen molar-refractivity contribution in [1.29, 1.82) is 0 Å². The highest BCUT2D eigenvalue weighted by Gasteiger charge is 2.10. The largest absolute Gasteiger partial charge is 0.361 e. The van der Waals surface area contributed by atoms with Crippen LogP contribution in [-0.4, -0.2) is 18.1 Å². The van der Waals surface area contributed by atoms with Crippen molar-refractivity contribution in [3.63, 3.8) is 0 Å². The van der Waals surface area contributed by atoms with Crippen molar-refractivity contribution >= 4 is 0 Å². The number of hydrogen-bond acceptors (Lipinski definition) is 2. The van der Waals surface area contributed by atoms with Crippen molar-refractivity contribution < 1.29 is 0 Å². The maximum Gasteiger partial charge on any atom is 0.0360 e. The van der Waals surface area contributed by atoms with E-state index in [9.17, 15) is 0 Å². The molecule has 0 aromatic carbocycles. The average Bonchev–Trinajstić information content (AvgIpc) is 2.47. The molecule has 0 saturated heterocycles. The van der Waals surface area contributed by atoms with Gasteiger partial charge in [-0.2, -0.15) is 0 Å². The lowest BCUT2D eigenvalue weighted by molar-refractivity contribution is 0.634. The molecule has 3 nitrogen and oxygen atoms in total. The lowest BCUT2D eigenvalue weighted by Crippen LogP contribution is -2.22. The summed E-state index contributed by atoms with van der Waals surface area (Å²) in [5, 5.41) is 3.33. The summed E-state index contributed by atoms with van der Waals surface area (Å²) in [7, 11) is 0. The maximum absolute atomic E-state index is 5.48. The first-order valence-electron chi connectivity index (χ1n) is 4.50. The van der Waals surface area contributed by atoms with Gasteiger partial charge < -0.3 is 16.0 Å². The van der Waals surface area contributed by atoms with Gasteiger partial charge in [0, 0.05) is 17.9 Å². The Morgan fingerprint density at radius 3 is 3.17 bits per heavy atom. The Hall–Kier alpha value is -0.800. The zero-order valence-electron chi connectivity index (χ0n) is 7.19. The Balaban J connectivity index is 2.20. The minimum absolute atomic E-state index is 0.729. The van der Waals surface area contributed by atoms with Gasteiger partial charge >= 0.3 is 0 Å². The lowest BCUT2D eigenvalue weighted by Gasteiger charge is -2.11. The second-order valence-corrected chi connectivity index (χ2v) is 3.26. The average molecular weight is 165 g/mol. The minimum atomic E-state index is 0.729. The molecule has 1 aliphatic rings. The number of H-pyrrole nitrogens is 1. The van der Waals surface area contributed by atoms with Gasteiger partial charge in [0.2, 0.25) is 0 Å². The van der Waals surface area contributed by atoms with Gasteiger partial charge in [0.1, 0.15) is 0 Å². The topological polar surface area (TPSA) is 53.8 Å². The Bertz CT molecular complexity index is 241. The molecule has 2 heterocycles. The molecule has 0 radical (unpaired) electrons. The third-order valence-electron chi connectivity index (χ3n) is 2.33. The molecule has 0 aliphatic carbocycles. The number of hydrogen-bond donors (Lipinski definition) is 3. The smallest absolute Gasteiger partial charge is 0.0360 e. The van der Waals surface area contributed by atoms with Crippen molar-refractivity contribution in [2.45, 2.75) is 19.4 Å². The molecule has 0 bridgehead atoms. The van der Waals surface area contributed by atoms with Crippen LogP contribution in [0.25, 0.3) is 0 Å². The first kappa shape index (κ1) is 7.83. The van der Waals surface area contributed by atoms with E-state index < -0.39 is 0 Å². The normalized spacial score (nSPS) is 16.1. The van der Waals surface area contributed by atoms with Crippen molar-refractivity contribution in [2.24, 2.45) is 5.73 Å². The fraction of sp³-hybridized carbons (Fsp3) is 0.556. The third kappa shape index (κ3) is 1.38. The van der Waals surface area contributed by atoms with Crippen LogP contribution in [0, 0.1) is 0 Å². The van der Waals surface area contributed by atoms with Gasteiger partial charge in [-0.25, -0.2) is 0 Å². The van der Waals surface area contributed by atoms with Crippen LogP contribution in [0.2, 0.25) is 0 Å². The molecule has 0 fully saturated rings. The molecule has 1 aromatic heterocycles. The molecule has 4 N–H and O–H groups in total. The molecule has 0 unspecified atom stereocenters. The van der Waals surface area contributed by atoms with Crippen LogP contribution in [0.15, 0.2) is 6.07 Å². The first-order chi connectivity index (χ1) is 5.90. The lowest BCUT2D eigenvalue weighted by atomic mass is 10.1. The van der Waals surface area contributed by atoms with Gasteiger partial charge in [0.05, 0.1) is 0 Å². The molecule has 0 spiro atoms. The van der Waals surface area contributed by atoms with Crippen molar-refractivity contribution in [3.8, 4) is 0 Å². The fourth-order valence-electron chi connectivity index (χ4n) is 1.72. The molecular weight excluding hydrogens is 150 g/mol. The summed E-state index contributed by atoms with van der Waals surface area (Å²) in [6.45, 7) is 2.82. The summed E-state index contributed by atoms with van der Waals surface area (Å²) in [4.78, 5) is 3.39. The van der Waals surface area contributed by atoms with E-state index >= 15 is 0 Å². The van der Waals surface area contributed by atoms with Gasteiger partial charge in [-0.3, -0.25) is 0 Å². The van der Waals surface area contributed by atoms with Crippen molar-refractivity contribution in [3.05, 3.63) is 23.0 Å². The Morgan fingerprint density at radius 1 is 1.50 bits per heavy atom. The number of aromatic amines is 1. The van der Waals surface area contributed by atoms with E-state index in [0.29, 0.717) is 0 Å². The molecule has 12 heavy (non-hydrogen) atoms. The highest BCUT2D eigenvalue weighted by atomic mass is 14.9. The van der Waals surface area contributed by atoms with E-state index in [0.717, 1.165) is 32.5 Å². The van der Waals surface area contributed by atoms with Crippen LogP contribution in [0.1, 0.15) is 17.0 Å². The molecule has 0 atom stereocenters. The van der Waals surface area contributed by atoms with Gasteiger partial charge in [0.15, 0.2) is 0 Å². The highest BCUT2D eigenvalue weighted by Crippen LogP contribution is 2.14. The van der Waals surface area contributed by atoms with Crippen LogP contribution in [0.3, 0.4) is 0 Å². The summed E-state index contributed by atoms with van der Waals surface area (Å²) >= 11 is 0. The van der Waals surface area contributed by atoms with E-state index in [1.54, 1.807) is 0 Å². The monoisotopic (exact) mass is 165 g/mol. The number of fused-ring (bicyclic) bond motifs is 1. The Kier molecular flexibility index (Phi) is 2.15. The summed E-state index contributed by atoms with van der Waals surface area (Å²) in [6, 6.07) is 2.25. The number of nitrogens with one attached hydrogen (secondary N) is 2. The molecule has 3 heteroatoms. The molecule has 1 aromatic rings. The molecule has 0 amide bonds. The van der Waals surface area contributed by atoms with E-state index in [-0.39, 0.29) is 0 Å². The van der Waals surface area contributed by atoms with Crippen molar-refractivity contribution in [1.82, 2.24) is 10.3 Å². The quantitative estimate of drug-likeness (QED) is 0.585. The van der Waals surface area contributed by atoms with Crippen molar-refractivity contribution in [2.75, 3.05) is 13.1 Å². The summed E-state index contributed by atoms with van der Waals surface area (Å²) in [6.07, 6.45) is 2.11. The summed E-state index contributed by atoms with van der Waals surface area (Å²) in [5.41, 5.74) is 9.59. The predicted molar refractivity (Wildman–Crippen MR) is 49.0 cm³/mol. The number of aromatic nitrogens is 1. The minimum Gasteiger partial charge on any atom is -0.361 e. The zero-order chi connectivity index (χ0) is 8.39. The molecule has 66 valence electrons. The number of rotatable bonds is 2. The van der Waals surface area contributed by atoms with E-state index in [4.69, 9.17) is 5.73 Å². The Morgan fingerprint density at radius 2 is 2.42 bits per heavy atom. The van der Waals surface area contributed by atoms with Gasteiger partial charge in [-0.15, -0.1) is 0 Å². The van der Waals surface area contributed by atoms with Crippen LogP contribution < -0.4 is 11.1 Å². The summed E-state index contributed by atoms with van der Waals surface area (Å²) in [5.74, 6) is 0. The van der Waals surface area contributed by atoms with Gasteiger partial charge in [-0.1, -0.05) is 0 Å². The summed E-state index contributed by atoms with van der Waals surface area (Å²) < 4.78 is 0. The second kappa shape index (κ2) is 3.29. The van der Waals surface area contributed by atoms with Crippen LogP contribution in [-0.2, 0) is 19.4 Å². The van der Waals surface area contributed by atoms with Crippen LogP contribution in [0.4, 0.5) is 0 Å². The van der Waals surface area contributed by atoms with Crippen LogP contribution in [0.5, 0.6) is 0 Å². The highest BCUT2D eigenvalue weighted by molar-refractivity contribution is 5.28. The SMILES string of the molecule is NCCc1cc2c([nH]1)CNCC2. The molecule has 1 aliphatic heterocycles. The van der Waals surface area contributed by atoms with E-state index in [1.807, 2.05) is 0 Å². The second-order valence-electron chi connectivity index (χ2n) is 3.26. The predicted octanol–water partition coefficient (Wildman–Crippen LogP) is 0.162. The maximum atomic E-state index is 5.48. The zero-order valence-corrected chi connectivity index (χ0v) is 7.19. The number of nitrogens with two attached hydrogens (primary N) is 1. The first-order valence-corrected chi connectivity index (χ1v) is 4.50. The molecule has 0 saturated carbocycles. The fourth-order valence-corrected chi connectivity index (χ4v) is 1.72. The van der Waals surface area contributed by atoms with Gasteiger partial charge in [-0.05, 0) is 37.6 Å². The van der Waals surface area contributed by atoms with Gasteiger partial charge in [0.25, 0.3) is 0 Å². The van der Waals surface area contributed by atoms with E-state index in [1.165, 1.54) is 17.0 Å². The molecule has 2 rings (SSSR count). The van der Waals surface area contributed by atoms with Crippen LogP contribution >= 0.6 is 0 Å². The third-order valence-corrected chi connectivity index (χ3v) is 2.33. The molecular formula is C9H15N3.